The molecule has 0 saturated heterocycles. The van der Waals surface area contributed by atoms with Crippen LogP contribution in [0.1, 0.15) is 28.3 Å². The summed E-state index contributed by atoms with van der Waals surface area (Å²) in [6, 6.07) is 23.9. The van der Waals surface area contributed by atoms with Crippen molar-refractivity contribution in [3.8, 4) is 5.75 Å². The molecular formula is C30H32N6O4. The van der Waals surface area contributed by atoms with E-state index in [4.69, 9.17) is 4.74 Å². The molecule has 3 N–H and O–H groups in total. The largest absolute Gasteiger partial charge is 0.480 e. The Morgan fingerprint density at radius 1 is 0.850 bits per heavy atom. The third kappa shape index (κ3) is 8.00. The highest BCUT2D eigenvalue weighted by Gasteiger charge is 2.20. The van der Waals surface area contributed by atoms with Gasteiger partial charge < -0.3 is 25.4 Å². The summed E-state index contributed by atoms with van der Waals surface area (Å²) >= 11 is 0. The lowest BCUT2D eigenvalue weighted by atomic mass is 9.98. The van der Waals surface area contributed by atoms with Crippen molar-refractivity contribution in [2.45, 2.75) is 31.8 Å². The van der Waals surface area contributed by atoms with Crippen molar-refractivity contribution in [1.29, 1.82) is 0 Å². The van der Waals surface area contributed by atoms with Gasteiger partial charge in [-0.05, 0) is 42.2 Å². The fourth-order valence-corrected chi connectivity index (χ4v) is 3.97. The summed E-state index contributed by atoms with van der Waals surface area (Å²) in [4.78, 5) is 38.0. The molecule has 3 aromatic carbocycles. The number of aliphatic carboxylic acids is 1. The first-order valence-corrected chi connectivity index (χ1v) is 12.8. The average molecular weight is 541 g/mol. The Morgan fingerprint density at radius 2 is 1.45 bits per heavy atom. The molecule has 0 bridgehead atoms. The first-order valence-electron chi connectivity index (χ1n) is 12.8. The second-order valence-corrected chi connectivity index (χ2v) is 9.58. The molecular weight excluding hydrogens is 508 g/mol. The summed E-state index contributed by atoms with van der Waals surface area (Å²) in [5.41, 5.74) is 4.16. The van der Waals surface area contributed by atoms with E-state index in [1.807, 2.05) is 30.3 Å². The zero-order valence-electron chi connectivity index (χ0n) is 22.6. The topological polar surface area (TPSA) is 130 Å². The van der Waals surface area contributed by atoms with E-state index in [1.54, 1.807) is 38.4 Å². The second-order valence-electron chi connectivity index (χ2n) is 9.58. The number of nitrogens with zero attached hydrogens (tertiary/aromatic N) is 4. The van der Waals surface area contributed by atoms with Crippen LogP contribution in [0.25, 0.3) is 0 Å². The average Bonchev–Trinajstić information content (AvgIpc) is 2.95. The highest BCUT2D eigenvalue weighted by molar-refractivity contribution is 5.77. The number of carbonyl (C=O) groups is 2. The van der Waals surface area contributed by atoms with E-state index in [0.29, 0.717) is 18.1 Å². The summed E-state index contributed by atoms with van der Waals surface area (Å²) in [5.74, 6) is -0.216. The summed E-state index contributed by atoms with van der Waals surface area (Å²) in [5, 5.41) is 16.1. The summed E-state index contributed by atoms with van der Waals surface area (Å²) in [7, 11) is 3.18. The lowest BCUT2D eigenvalue weighted by Crippen LogP contribution is -2.32. The van der Waals surface area contributed by atoms with Crippen LogP contribution >= 0.6 is 0 Å². The van der Waals surface area contributed by atoms with Gasteiger partial charge in [0, 0.05) is 20.5 Å². The van der Waals surface area contributed by atoms with E-state index in [2.05, 4.69) is 56.8 Å². The van der Waals surface area contributed by atoms with Gasteiger partial charge in [0.05, 0.1) is 6.04 Å². The van der Waals surface area contributed by atoms with Gasteiger partial charge in [-0.2, -0.15) is 4.98 Å². The molecule has 0 fully saturated rings. The molecule has 0 aliphatic heterocycles. The Hall–Kier alpha value is -4.99. The first kappa shape index (κ1) is 28.0. The Morgan fingerprint density at radius 3 is 2.08 bits per heavy atom. The molecule has 40 heavy (non-hydrogen) atoms. The van der Waals surface area contributed by atoms with Crippen molar-refractivity contribution in [1.82, 2.24) is 19.9 Å². The second kappa shape index (κ2) is 13.2. The number of anilines is 2. The zero-order valence-corrected chi connectivity index (χ0v) is 22.6. The number of aromatic nitrogens is 3. The van der Waals surface area contributed by atoms with Crippen molar-refractivity contribution in [3.05, 3.63) is 107 Å². The van der Waals surface area contributed by atoms with Crippen LogP contribution in [0.3, 0.4) is 0 Å². The molecule has 0 aliphatic carbocycles. The first-order chi connectivity index (χ1) is 19.3. The molecule has 4 rings (SSSR count). The van der Waals surface area contributed by atoms with Crippen LogP contribution in [0.2, 0.25) is 0 Å². The number of amides is 1. The monoisotopic (exact) mass is 540 g/mol. The standard InChI is InChI=1S/C30H32N6O4/c1-20-9-11-21(12-10-20)17-25(23-7-5-4-6-8-23)33-28-31-19-32-29(35-28)34-26(27(37)38)18-22-13-15-24(16-14-22)40-30(39)36(2)3/h4-16,19,25-26H,17-18H2,1-3H3,(H,37,38)(H2,31,32,33,34,35)/t25?,26-/m0/s1. The van der Waals surface area contributed by atoms with Crippen LogP contribution in [0, 0.1) is 6.92 Å². The van der Waals surface area contributed by atoms with Crippen LogP contribution in [0.5, 0.6) is 5.75 Å². The van der Waals surface area contributed by atoms with Crippen LogP contribution in [0.4, 0.5) is 16.7 Å². The van der Waals surface area contributed by atoms with Gasteiger partial charge in [-0.15, -0.1) is 0 Å². The van der Waals surface area contributed by atoms with E-state index >= 15 is 0 Å². The SMILES string of the molecule is Cc1ccc(CC(Nc2ncnc(N[C@@H](Cc3ccc(OC(=O)N(C)C)cc3)C(=O)O)n2)c2ccccc2)cc1. The number of carbonyl (C=O) groups excluding carboxylic acids is 1. The van der Waals surface area contributed by atoms with Gasteiger partial charge in [0.15, 0.2) is 0 Å². The number of hydrogen-bond donors (Lipinski definition) is 3. The molecule has 10 nitrogen and oxygen atoms in total. The van der Waals surface area contributed by atoms with Crippen molar-refractivity contribution in [2.75, 3.05) is 24.7 Å². The number of nitrogens with one attached hydrogen (secondary N) is 2. The molecule has 1 amide bonds. The Labute approximate surface area is 233 Å². The van der Waals surface area contributed by atoms with Crippen molar-refractivity contribution >= 4 is 24.0 Å². The minimum atomic E-state index is -1.06. The smallest absolute Gasteiger partial charge is 0.414 e. The Kier molecular flexibility index (Phi) is 9.24. The molecule has 1 heterocycles. The van der Waals surface area contributed by atoms with Crippen LogP contribution < -0.4 is 15.4 Å². The van der Waals surface area contributed by atoms with Crippen LogP contribution in [-0.2, 0) is 17.6 Å². The molecule has 1 aromatic heterocycles. The quantitative estimate of drug-likeness (QED) is 0.247. The summed E-state index contributed by atoms with van der Waals surface area (Å²) < 4.78 is 5.22. The molecule has 0 aliphatic rings. The Balaban J connectivity index is 1.46. The van der Waals surface area contributed by atoms with E-state index in [9.17, 15) is 14.7 Å². The van der Waals surface area contributed by atoms with E-state index < -0.39 is 18.1 Å². The molecule has 0 spiro atoms. The molecule has 10 heteroatoms. The molecule has 0 radical (unpaired) electrons. The van der Waals surface area contributed by atoms with Gasteiger partial charge in [0.2, 0.25) is 11.9 Å². The molecule has 1 unspecified atom stereocenters. The third-order valence-corrected chi connectivity index (χ3v) is 6.17. The lowest BCUT2D eigenvalue weighted by molar-refractivity contribution is -0.137. The fraction of sp³-hybridized carbons (Fsp3) is 0.233. The van der Waals surface area contributed by atoms with Crippen LogP contribution in [-0.4, -0.2) is 57.2 Å². The number of aryl methyl sites for hydroxylation is 1. The predicted molar refractivity (Wildman–Crippen MR) is 152 cm³/mol. The highest BCUT2D eigenvalue weighted by atomic mass is 16.6. The Bertz CT molecular complexity index is 1410. The number of hydrogen-bond acceptors (Lipinski definition) is 8. The highest BCUT2D eigenvalue weighted by Crippen LogP contribution is 2.23. The van der Waals surface area contributed by atoms with Gasteiger partial charge in [-0.1, -0.05) is 72.3 Å². The van der Waals surface area contributed by atoms with Gasteiger partial charge in [0.25, 0.3) is 0 Å². The maximum atomic E-state index is 12.0. The van der Waals surface area contributed by atoms with Crippen molar-refractivity contribution in [2.24, 2.45) is 0 Å². The lowest BCUT2D eigenvalue weighted by Gasteiger charge is -2.20. The van der Waals surface area contributed by atoms with Crippen LogP contribution in [0.15, 0.2) is 85.2 Å². The van der Waals surface area contributed by atoms with Gasteiger partial charge in [-0.25, -0.2) is 19.6 Å². The number of benzene rings is 3. The van der Waals surface area contributed by atoms with Crippen molar-refractivity contribution < 1.29 is 19.4 Å². The minimum Gasteiger partial charge on any atom is -0.480 e. The van der Waals surface area contributed by atoms with Gasteiger partial charge in [-0.3, -0.25) is 0 Å². The fourth-order valence-electron chi connectivity index (χ4n) is 3.97. The van der Waals surface area contributed by atoms with E-state index in [-0.39, 0.29) is 18.4 Å². The molecule has 0 saturated carbocycles. The van der Waals surface area contributed by atoms with E-state index in [1.165, 1.54) is 16.8 Å². The number of carboxylic acid groups (broad SMARTS) is 1. The van der Waals surface area contributed by atoms with E-state index in [0.717, 1.165) is 16.7 Å². The zero-order chi connectivity index (χ0) is 28.5. The number of carboxylic acids is 1. The minimum absolute atomic E-state index is 0.116. The molecule has 206 valence electrons. The normalized spacial score (nSPS) is 12.2. The third-order valence-electron chi connectivity index (χ3n) is 6.17. The maximum absolute atomic E-state index is 12.0. The van der Waals surface area contributed by atoms with Gasteiger partial charge in [0.1, 0.15) is 18.1 Å². The summed E-state index contributed by atoms with van der Waals surface area (Å²) in [6.07, 6.45) is 1.71. The van der Waals surface area contributed by atoms with Gasteiger partial charge >= 0.3 is 12.1 Å². The number of rotatable bonds is 11. The number of ether oxygens (including phenoxy) is 1. The van der Waals surface area contributed by atoms with Crippen molar-refractivity contribution in [3.63, 3.8) is 0 Å². The predicted octanol–water partition coefficient (Wildman–Crippen LogP) is 4.74. The maximum Gasteiger partial charge on any atom is 0.414 e. The summed E-state index contributed by atoms with van der Waals surface area (Å²) in [6.45, 7) is 2.05. The molecule has 4 aromatic rings. The molecule has 2 atom stereocenters.